The molecule has 0 bridgehead atoms. The molecule has 0 radical (unpaired) electrons. The summed E-state index contributed by atoms with van der Waals surface area (Å²) in [6.45, 7) is 1.94. The normalized spacial score (nSPS) is 47.8. The molecule has 0 aromatic carbocycles. The molecule has 2 aliphatic rings. The van der Waals surface area contributed by atoms with Crippen molar-refractivity contribution < 1.29 is 5.11 Å². The van der Waals surface area contributed by atoms with E-state index in [0.29, 0.717) is 11.8 Å². The third-order valence-corrected chi connectivity index (χ3v) is 2.73. The van der Waals surface area contributed by atoms with Gasteiger partial charge < -0.3 is 5.11 Å². The number of hydrogen-bond donors (Lipinski definition) is 1. The lowest BCUT2D eigenvalue weighted by atomic mass is 9.92. The molecule has 1 N–H and O–H groups in total. The molecule has 0 saturated heterocycles. The quantitative estimate of drug-likeness (QED) is 0.559. The summed E-state index contributed by atoms with van der Waals surface area (Å²) in [4.78, 5) is 0. The van der Waals surface area contributed by atoms with Crippen molar-refractivity contribution >= 4 is 0 Å². The largest absolute Gasteiger partial charge is 0.390 e. The van der Waals surface area contributed by atoms with E-state index < -0.39 is 5.60 Å². The molecule has 0 aliphatic heterocycles. The van der Waals surface area contributed by atoms with Gasteiger partial charge >= 0.3 is 0 Å². The number of rotatable bonds is 0. The predicted molar refractivity (Wildman–Crippen MR) is 45.1 cm³/mol. The van der Waals surface area contributed by atoms with Crippen molar-refractivity contribution in [2.75, 3.05) is 0 Å². The molecule has 60 valence electrons. The first-order valence-electron chi connectivity index (χ1n) is 4.25. The van der Waals surface area contributed by atoms with E-state index in [9.17, 15) is 5.11 Å². The van der Waals surface area contributed by atoms with Gasteiger partial charge in [0.1, 0.15) is 0 Å². The highest BCUT2D eigenvalue weighted by atomic mass is 16.3. The van der Waals surface area contributed by atoms with Crippen LogP contribution in [0.2, 0.25) is 0 Å². The fraction of sp³-hybridized carbons (Fsp3) is 0.600. The van der Waals surface area contributed by atoms with Crippen molar-refractivity contribution in [3.8, 4) is 0 Å². The maximum Gasteiger partial charge on any atom is 0.0631 e. The van der Waals surface area contributed by atoms with Crippen LogP contribution in [-0.4, -0.2) is 10.7 Å². The first-order chi connectivity index (χ1) is 5.17. The maximum atomic E-state index is 9.76. The van der Waals surface area contributed by atoms with Crippen molar-refractivity contribution in [3.05, 3.63) is 24.3 Å². The third kappa shape index (κ3) is 1.25. The van der Waals surface area contributed by atoms with Crippen molar-refractivity contribution in [1.29, 1.82) is 0 Å². The summed E-state index contributed by atoms with van der Waals surface area (Å²) < 4.78 is 0. The van der Waals surface area contributed by atoms with Crippen molar-refractivity contribution in [2.45, 2.75) is 25.4 Å². The molecule has 0 amide bonds. The molecule has 1 heteroatoms. The lowest BCUT2D eigenvalue weighted by Crippen LogP contribution is -2.18. The van der Waals surface area contributed by atoms with Crippen LogP contribution >= 0.6 is 0 Å². The minimum atomic E-state index is -0.422. The SMILES string of the molecule is CC1(O)CC2C=CC=CC2C1. The summed E-state index contributed by atoms with van der Waals surface area (Å²) in [5.74, 6) is 1.19. The summed E-state index contributed by atoms with van der Waals surface area (Å²) in [5, 5.41) is 9.76. The molecule has 2 rings (SSSR count). The van der Waals surface area contributed by atoms with Crippen molar-refractivity contribution in [3.63, 3.8) is 0 Å². The zero-order valence-corrected chi connectivity index (χ0v) is 6.83. The molecule has 0 aromatic heterocycles. The van der Waals surface area contributed by atoms with Crippen LogP contribution in [0.5, 0.6) is 0 Å². The van der Waals surface area contributed by atoms with Crippen LogP contribution in [0, 0.1) is 11.8 Å². The summed E-state index contributed by atoms with van der Waals surface area (Å²) >= 11 is 0. The second kappa shape index (κ2) is 2.21. The smallest absolute Gasteiger partial charge is 0.0631 e. The summed E-state index contributed by atoms with van der Waals surface area (Å²) in [6.07, 6.45) is 10.5. The van der Waals surface area contributed by atoms with Gasteiger partial charge in [0, 0.05) is 0 Å². The highest BCUT2D eigenvalue weighted by Gasteiger charge is 2.38. The van der Waals surface area contributed by atoms with Crippen LogP contribution in [0.3, 0.4) is 0 Å². The molecule has 2 aliphatic carbocycles. The molecule has 1 saturated carbocycles. The van der Waals surface area contributed by atoms with Crippen LogP contribution < -0.4 is 0 Å². The Hall–Kier alpha value is -0.560. The standard InChI is InChI=1S/C10H14O/c1-10(11)6-8-4-2-3-5-9(8)7-10/h2-5,8-9,11H,6-7H2,1H3. The van der Waals surface area contributed by atoms with E-state index in [1.165, 1.54) is 0 Å². The van der Waals surface area contributed by atoms with Gasteiger partial charge in [0.25, 0.3) is 0 Å². The van der Waals surface area contributed by atoms with E-state index in [1.807, 2.05) is 6.92 Å². The molecule has 0 aromatic rings. The van der Waals surface area contributed by atoms with E-state index in [0.717, 1.165) is 12.8 Å². The minimum Gasteiger partial charge on any atom is -0.390 e. The molecule has 11 heavy (non-hydrogen) atoms. The van der Waals surface area contributed by atoms with E-state index in [1.54, 1.807) is 0 Å². The molecular formula is C10H14O. The fourth-order valence-corrected chi connectivity index (χ4v) is 2.24. The van der Waals surface area contributed by atoms with Gasteiger partial charge in [-0.25, -0.2) is 0 Å². The van der Waals surface area contributed by atoms with Crippen LogP contribution in [0.25, 0.3) is 0 Å². The minimum absolute atomic E-state index is 0.422. The second-order valence-electron chi connectivity index (χ2n) is 4.00. The molecule has 2 unspecified atom stereocenters. The van der Waals surface area contributed by atoms with Gasteiger partial charge in [-0.05, 0) is 31.6 Å². The number of hydrogen-bond acceptors (Lipinski definition) is 1. The van der Waals surface area contributed by atoms with E-state index in [2.05, 4.69) is 24.3 Å². The van der Waals surface area contributed by atoms with Gasteiger partial charge in [0.05, 0.1) is 5.60 Å². The average Bonchev–Trinajstić information content (AvgIpc) is 2.21. The molecule has 1 nitrogen and oxygen atoms in total. The zero-order chi connectivity index (χ0) is 7.90. The zero-order valence-electron chi connectivity index (χ0n) is 6.83. The second-order valence-corrected chi connectivity index (χ2v) is 4.00. The van der Waals surface area contributed by atoms with E-state index in [-0.39, 0.29) is 0 Å². The molecule has 0 heterocycles. The Balaban J connectivity index is 2.18. The highest BCUT2D eigenvalue weighted by Crippen LogP contribution is 2.41. The molecule has 0 spiro atoms. The Labute approximate surface area is 67.4 Å². The maximum absolute atomic E-state index is 9.76. The van der Waals surface area contributed by atoms with Gasteiger partial charge in [0.15, 0.2) is 0 Å². The monoisotopic (exact) mass is 150 g/mol. The first-order valence-corrected chi connectivity index (χ1v) is 4.25. The van der Waals surface area contributed by atoms with E-state index >= 15 is 0 Å². The molecular weight excluding hydrogens is 136 g/mol. The van der Waals surface area contributed by atoms with Gasteiger partial charge in [-0.3, -0.25) is 0 Å². The molecule has 1 fully saturated rings. The van der Waals surface area contributed by atoms with Gasteiger partial charge in [0.2, 0.25) is 0 Å². The summed E-state index contributed by atoms with van der Waals surface area (Å²) in [5.41, 5.74) is -0.422. The van der Waals surface area contributed by atoms with Crippen LogP contribution in [-0.2, 0) is 0 Å². The number of allylic oxidation sites excluding steroid dienone is 4. The topological polar surface area (TPSA) is 20.2 Å². The summed E-state index contributed by atoms with van der Waals surface area (Å²) in [7, 11) is 0. The van der Waals surface area contributed by atoms with Gasteiger partial charge in [-0.15, -0.1) is 0 Å². The number of fused-ring (bicyclic) bond motifs is 1. The van der Waals surface area contributed by atoms with Crippen LogP contribution in [0.1, 0.15) is 19.8 Å². The van der Waals surface area contributed by atoms with Crippen LogP contribution in [0.15, 0.2) is 24.3 Å². The van der Waals surface area contributed by atoms with Crippen molar-refractivity contribution in [2.24, 2.45) is 11.8 Å². The Morgan fingerprint density at radius 1 is 1.18 bits per heavy atom. The average molecular weight is 150 g/mol. The third-order valence-electron chi connectivity index (χ3n) is 2.73. The Morgan fingerprint density at radius 3 is 2.09 bits per heavy atom. The van der Waals surface area contributed by atoms with E-state index in [4.69, 9.17) is 0 Å². The lowest BCUT2D eigenvalue weighted by molar-refractivity contribution is 0.0636. The Bertz CT molecular complexity index is 191. The highest BCUT2D eigenvalue weighted by molar-refractivity contribution is 5.18. The van der Waals surface area contributed by atoms with Crippen molar-refractivity contribution in [1.82, 2.24) is 0 Å². The predicted octanol–water partition coefficient (Wildman–Crippen LogP) is 1.89. The van der Waals surface area contributed by atoms with Crippen LogP contribution in [0.4, 0.5) is 0 Å². The van der Waals surface area contributed by atoms with Gasteiger partial charge in [-0.1, -0.05) is 24.3 Å². The van der Waals surface area contributed by atoms with Gasteiger partial charge in [-0.2, -0.15) is 0 Å². The number of aliphatic hydroxyl groups is 1. The first kappa shape index (κ1) is 7.11. The Morgan fingerprint density at radius 2 is 1.64 bits per heavy atom. The Kier molecular flexibility index (Phi) is 1.43. The lowest BCUT2D eigenvalue weighted by Gasteiger charge is -2.14. The fourth-order valence-electron chi connectivity index (χ4n) is 2.24. The molecule has 2 atom stereocenters. The summed E-state index contributed by atoms with van der Waals surface area (Å²) in [6, 6.07) is 0.